The van der Waals surface area contributed by atoms with E-state index in [1.807, 2.05) is 6.92 Å². The number of sulfonamides is 1. The van der Waals surface area contributed by atoms with Crippen LogP contribution in [0.15, 0.2) is 71.6 Å². The summed E-state index contributed by atoms with van der Waals surface area (Å²) in [4.78, 5) is 26.7. The van der Waals surface area contributed by atoms with Crippen LogP contribution in [0.5, 0.6) is 0 Å². The van der Waals surface area contributed by atoms with E-state index in [0.717, 1.165) is 29.7 Å². The second kappa shape index (κ2) is 10.5. The van der Waals surface area contributed by atoms with Gasteiger partial charge in [-0.1, -0.05) is 29.8 Å². The Balaban J connectivity index is 1.67. The zero-order valence-electron chi connectivity index (χ0n) is 20.7. The van der Waals surface area contributed by atoms with Crippen LogP contribution in [0, 0.1) is 13.8 Å². The number of carbonyl (C=O) groups is 2. The fourth-order valence-corrected chi connectivity index (χ4v) is 5.61. The van der Waals surface area contributed by atoms with Crippen molar-refractivity contribution in [3.63, 3.8) is 0 Å². The van der Waals surface area contributed by atoms with Gasteiger partial charge in [-0.3, -0.25) is 13.9 Å². The maximum atomic E-state index is 13.5. The van der Waals surface area contributed by atoms with E-state index in [-0.39, 0.29) is 16.5 Å². The SMILES string of the molecule is Cc1ccc(S(=O)(=O)N(CC(=O)Nc2ccc(C)c(N3CCCC3=O)c2)c2cccc(C(F)(F)F)c2)cc1. The molecule has 1 fully saturated rings. The van der Waals surface area contributed by atoms with Crippen LogP contribution >= 0.6 is 0 Å². The normalized spacial score (nSPS) is 14.0. The zero-order valence-corrected chi connectivity index (χ0v) is 21.6. The highest BCUT2D eigenvalue weighted by atomic mass is 32.2. The van der Waals surface area contributed by atoms with Crippen LogP contribution in [0.25, 0.3) is 0 Å². The van der Waals surface area contributed by atoms with Gasteiger partial charge in [0, 0.05) is 24.3 Å². The second-order valence-electron chi connectivity index (χ2n) is 9.07. The first kappa shape index (κ1) is 27.2. The number of rotatable bonds is 7. The first-order valence-electron chi connectivity index (χ1n) is 11.8. The van der Waals surface area contributed by atoms with Crippen LogP contribution in [0.1, 0.15) is 29.5 Å². The molecule has 0 radical (unpaired) electrons. The lowest BCUT2D eigenvalue weighted by molar-refractivity contribution is -0.137. The van der Waals surface area contributed by atoms with Gasteiger partial charge >= 0.3 is 6.18 Å². The third-order valence-electron chi connectivity index (χ3n) is 6.21. The molecule has 200 valence electrons. The van der Waals surface area contributed by atoms with Gasteiger partial charge in [0.15, 0.2) is 0 Å². The first-order chi connectivity index (χ1) is 17.9. The highest BCUT2D eigenvalue weighted by Gasteiger charge is 2.33. The lowest BCUT2D eigenvalue weighted by Gasteiger charge is -2.25. The van der Waals surface area contributed by atoms with E-state index in [9.17, 15) is 31.2 Å². The molecule has 0 aromatic heterocycles. The fraction of sp³-hybridized carbons (Fsp3) is 0.259. The van der Waals surface area contributed by atoms with Gasteiger partial charge in [0.25, 0.3) is 10.0 Å². The highest BCUT2D eigenvalue weighted by molar-refractivity contribution is 7.92. The number of aryl methyl sites for hydroxylation is 2. The molecule has 7 nitrogen and oxygen atoms in total. The summed E-state index contributed by atoms with van der Waals surface area (Å²) < 4.78 is 67.9. The number of amides is 2. The summed E-state index contributed by atoms with van der Waals surface area (Å²) in [5, 5.41) is 2.62. The second-order valence-corrected chi connectivity index (χ2v) is 10.9. The van der Waals surface area contributed by atoms with E-state index in [1.54, 1.807) is 42.2 Å². The molecule has 3 aromatic rings. The Labute approximate surface area is 218 Å². The molecule has 1 N–H and O–H groups in total. The Bertz CT molecular complexity index is 1470. The largest absolute Gasteiger partial charge is 0.416 e. The molecule has 1 heterocycles. The lowest BCUT2D eigenvalue weighted by Crippen LogP contribution is -2.38. The number of benzene rings is 3. The average Bonchev–Trinajstić information content (AvgIpc) is 3.29. The summed E-state index contributed by atoms with van der Waals surface area (Å²) in [6.45, 7) is 3.37. The van der Waals surface area contributed by atoms with Gasteiger partial charge in [-0.05, 0) is 68.3 Å². The summed E-state index contributed by atoms with van der Waals surface area (Å²) >= 11 is 0. The minimum absolute atomic E-state index is 0.0310. The van der Waals surface area contributed by atoms with Gasteiger partial charge in [-0.25, -0.2) is 8.42 Å². The van der Waals surface area contributed by atoms with Crippen LogP contribution in [-0.4, -0.2) is 33.3 Å². The maximum absolute atomic E-state index is 13.5. The first-order valence-corrected chi connectivity index (χ1v) is 13.3. The molecule has 0 atom stereocenters. The third-order valence-corrected chi connectivity index (χ3v) is 8.00. The summed E-state index contributed by atoms with van der Waals surface area (Å²) in [6.07, 6.45) is -3.56. The van der Waals surface area contributed by atoms with Crippen molar-refractivity contribution in [1.82, 2.24) is 0 Å². The Morgan fingerprint density at radius 3 is 2.37 bits per heavy atom. The molecule has 1 aliphatic rings. The lowest BCUT2D eigenvalue weighted by atomic mass is 10.1. The molecular weight excluding hydrogens is 519 g/mol. The number of hydrogen-bond donors (Lipinski definition) is 1. The molecule has 0 bridgehead atoms. The Kier molecular flexibility index (Phi) is 7.50. The summed E-state index contributed by atoms with van der Waals surface area (Å²) in [5.41, 5.74) is 1.23. The predicted molar refractivity (Wildman–Crippen MR) is 139 cm³/mol. The third kappa shape index (κ3) is 5.83. The zero-order chi connectivity index (χ0) is 27.7. The highest BCUT2D eigenvalue weighted by Crippen LogP contribution is 2.33. The molecule has 0 unspecified atom stereocenters. The Hall–Kier alpha value is -3.86. The van der Waals surface area contributed by atoms with E-state index in [4.69, 9.17) is 0 Å². The molecule has 38 heavy (non-hydrogen) atoms. The summed E-state index contributed by atoms with van der Waals surface area (Å²) in [7, 11) is -4.40. The molecule has 11 heteroatoms. The van der Waals surface area contributed by atoms with Crippen LogP contribution in [0.2, 0.25) is 0 Å². The molecule has 3 aromatic carbocycles. The summed E-state index contributed by atoms with van der Waals surface area (Å²) in [6, 6.07) is 14.6. The molecule has 0 saturated carbocycles. The van der Waals surface area contributed by atoms with E-state index in [0.29, 0.717) is 34.7 Å². The van der Waals surface area contributed by atoms with Crippen molar-refractivity contribution in [2.45, 2.75) is 37.8 Å². The Morgan fingerprint density at radius 2 is 1.74 bits per heavy atom. The molecular formula is C27H26F3N3O4S. The summed E-state index contributed by atoms with van der Waals surface area (Å²) in [5.74, 6) is -0.794. The number of anilines is 3. The number of nitrogens with zero attached hydrogens (tertiary/aromatic N) is 2. The number of hydrogen-bond acceptors (Lipinski definition) is 4. The van der Waals surface area contributed by atoms with Crippen molar-refractivity contribution in [3.8, 4) is 0 Å². The van der Waals surface area contributed by atoms with E-state index < -0.39 is 34.2 Å². The van der Waals surface area contributed by atoms with E-state index in [1.165, 1.54) is 18.2 Å². The monoisotopic (exact) mass is 545 g/mol. The van der Waals surface area contributed by atoms with Crippen LogP contribution in [-0.2, 0) is 25.8 Å². The number of nitrogens with one attached hydrogen (secondary N) is 1. The van der Waals surface area contributed by atoms with Crippen LogP contribution < -0.4 is 14.5 Å². The maximum Gasteiger partial charge on any atom is 0.416 e. The van der Waals surface area contributed by atoms with Gasteiger partial charge in [0.1, 0.15) is 6.54 Å². The van der Waals surface area contributed by atoms with Crippen molar-refractivity contribution >= 4 is 38.9 Å². The van der Waals surface area contributed by atoms with Crippen molar-refractivity contribution < 1.29 is 31.2 Å². The van der Waals surface area contributed by atoms with Crippen LogP contribution in [0.3, 0.4) is 0 Å². The van der Waals surface area contributed by atoms with Crippen LogP contribution in [0.4, 0.5) is 30.2 Å². The van der Waals surface area contributed by atoms with E-state index in [2.05, 4.69) is 5.32 Å². The van der Waals surface area contributed by atoms with Crippen molar-refractivity contribution in [2.24, 2.45) is 0 Å². The number of alkyl halides is 3. The molecule has 1 saturated heterocycles. The van der Waals surface area contributed by atoms with E-state index >= 15 is 0 Å². The smallest absolute Gasteiger partial charge is 0.324 e. The predicted octanol–water partition coefficient (Wildman–Crippen LogP) is 5.28. The molecule has 2 amide bonds. The molecule has 1 aliphatic heterocycles. The van der Waals surface area contributed by atoms with Gasteiger partial charge in [0.2, 0.25) is 11.8 Å². The minimum Gasteiger partial charge on any atom is -0.324 e. The van der Waals surface area contributed by atoms with Gasteiger partial charge in [0.05, 0.1) is 16.1 Å². The van der Waals surface area contributed by atoms with Crippen molar-refractivity contribution in [3.05, 3.63) is 83.4 Å². The van der Waals surface area contributed by atoms with Gasteiger partial charge in [-0.15, -0.1) is 0 Å². The number of carbonyl (C=O) groups excluding carboxylic acids is 2. The van der Waals surface area contributed by atoms with Crippen molar-refractivity contribution in [2.75, 3.05) is 27.6 Å². The van der Waals surface area contributed by atoms with Gasteiger partial charge < -0.3 is 10.2 Å². The van der Waals surface area contributed by atoms with Gasteiger partial charge in [-0.2, -0.15) is 13.2 Å². The molecule has 4 rings (SSSR count). The molecule has 0 aliphatic carbocycles. The topological polar surface area (TPSA) is 86.8 Å². The average molecular weight is 546 g/mol. The molecule has 0 spiro atoms. The quantitative estimate of drug-likeness (QED) is 0.438. The number of halogens is 3. The standard InChI is InChI=1S/C27H26F3N3O4S/c1-18-8-12-23(13-9-18)38(36,37)33(22-6-3-5-20(15-22)27(28,29)30)17-25(34)31-21-11-10-19(2)24(16-21)32-14-4-7-26(32)35/h3,5-6,8-13,15-16H,4,7,14,17H2,1-2H3,(H,31,34). The minimum atomic E-state index is -4.71. The Morgan fingerprint density at radius 1 is 1.03 bits per heavy atom. The fourth-order valence-electron chi connectivity index (χ4n) is 4.20. The van der Waals surface area contributed by atoms with Crippen molar-refractivity contribution in [1.29, 1.82) is 0 Å².